The molecule has 4 nitrogen and oxygen atoms in total. The number of phenols is 1. The van der Waals surface area contributed by atoms with Gasteiger partial charge in [-0.25, -0.2) is 0 Å². The van der Waals surface area contributed by atoms with Crippen molar-refractivity contribution in [2.24, 2.45) is 0 Å². The zero-order valence-corrected chi connectivity index (χ0v) is 13.7. The van der Waals surface area contributed by atoms with Crippen molar-refractivity contribution >= 4 is 5.91 Å². The van der Waals surface area contributed by atoms with Gasteiger partial charge in [0, 0.05) is 17.7 Å². The van der Waals surface area contributed by atoms with Crippen LogP contribution in [0.3, 0.4) is 0 Å². The fourth-order valence-electron chi connectivity index (χ4n) is 2.38. The van der Waals surface area contributed by atoms with Gasteiger partial charge in [0.2, 0.25) is 0 Å². The van der Waals surface area contributed by atoms with Gasteiger partial charge in [-0.15, -0.1) is 0 Å². The Kier molecular flexibility index (Phi) is 5.32. The summed E-state index contributed by atoms with van der Waals surface area (Å²) in [5, 5.41) is 12.5. The van der Waals surface area contributed by atoms with Crippen molar-refractivity contribution in [2.75, 3.05) is 0 Å². The van der Waals surface area contributed by atoms with Crippen LogP contribution in [-0.2, 0) is 13.2 Å². The first-order chi connectivity index (χ1) is 12.2. The van der Waals surface area contributed by atoms with E-state index in [1.807, 2.05) is 36.4 Å². The minimum absolute atomic E-state index is 0.174. The van der Waals surface area contributed by atoms with Crippen molar-refractivity contribution < 1.29 is 14.6 Å². The van der Waals surface area contributed by atoms with Gasteiger partial charge >= 0.3 is 0 Å². The van der Waals surface area contributed by atoms with Crippen LogP contribution in [0, 0.1) is 0 Å². The standard InChI is InChI=1S/C21H19NO3/c23-20-9-5-4-8-18(20)14-22-21(24)17-10-12-19(13-11-17)25-15-16-6-2-1-3-7-16/h1-13,23H,14-15H2,(H,22,24). The summed E-state index contributed by atoms with van der Waals surface area (Å²) in [6.45, 7) is 0.761. The van der Waals surface area contributed by atoms with E-state index in [4.69, 9.17) is 4.74 Å². The predicted molar refractivity (Wildman–Crippen MR) is 96.5 cm³/mol. The highest BCUT2D eigenvalue weighted by molar-refractivity contribution is 5.94. The molecule has 0 atom stereocenters. The molecule has 0 radical (unpaired) electrons. The topological polar surface area (TPSA) is 58.6 Å². The van der Waals surface area contributed by atoms with Gasteiger partial charge in [0.05, 0.1) is 0 Å². The molecule has 3 aromatic carbocycles. The molecule has 0 unspecified atom stereocenters. The van der Waals surface area contributed by atoms with E-state index in [2.05, 4.69) is 5.32 Å². The second kappa shape index (κ2) is 8.02. The normalized spacial score (nSPS) is 10.2. The molecule has 0 fully saturated rings. The molecule has 4 heteroatoms. The zero-order valence-electron chi connectivity index (χ0n) is 13.7. The zero-order chi connectivity index (χ0) is 17.5. The molecule has 0 heterocycles. The van der Waals surface area contributed by atoms with Crippen molar-refractivity contribution in [1.82, 2.24) is 5.32 Å². The van der Waals surface area contributed by atoms with E-state index in [1.165, 1.54) is 0 Å². The number of hydrogen-bond donors (Lipinski definition) is 2. The molecule has 0 aliphatic rings. The maximum atomic E-state index is 12.2. The summed E-state index contributed by atoms with van der Waals surface area (Å²) in [5.41, 5.74) is 2.31. The lowest BCUT2D eigenvalue weighted by atomic mass is 10.1. The minimum Gasteiger partial charge on any atom is -0.508 e. The Bertz CT molecular complexity index is 829. The van der Waals surface area contributed by atoms with Gasteiger partial charge in [-0.05, 0) is 35.9 Å². The number of rotatable bonds is 6. The van der Waals surface area contributed by atoms with E-state index in [-0.39, 0.29) is 18.2 Å². The lowest BCUT2D eigenvalue weighted by Crippen LogP contribution is -2.22. The molecule has 0 aliphatic heterocycles. The Morgan fingerprint density at radius 1 is 0.880 bits per heavy atom. The average Bonchev–Trinajstić information content (AvgIpc) is 2.67. The number of phenolic OH excluding ortho intramolecular Hbond substituents is 1. The molecule has 0 saturated heterocycles. The highest BCUT2D eigenvalue weighted by Gasteiger charge is 2.07. The molecule has 0 spiro atoms. The predicted octanol–water partition coefficient (Wildman–Crippen LogP) is 3.90. The molecular weight excluding hydrogens is 314 g/mol. The first-order valence-corrected chi connectivity index (χ1v) is 8.04. The summed E-state index contributed by atoms with van der Waals surface area (Å²) < 4.78 is 5.71. The molecule has 0 bridgehead atoms. The average molecular weight is 333 g/mol. The summed E-state index contributed by atoms with van der Waals surface area (Å²) >= 11 is 0. The van der Waals surface area contributed by atoms with Crippen LogP contribution in [0.15, 0.2) is 78.9 Å². The maximum Gasteiger partial charge on any atom is 0.251 e. The quantitative estimate of drug-likeness (QED) is 0.719. The molecule has 2 N–H and O–H groups in total. The van der Waals surface area contributed by atoms with Crippen molar-refractivity contribution in [3.8, 4) is 11.5 Å². The molecule has 3 rings (SSSR count). The molecule has 0 aromatic heterocycles. The molecule has 25 heavy (non-hydrogen) atoms. The molecule has 3 aromatic rings. The van der Waals surface area contributed by atoms with Crippen molar-refractivity contribution in [2.45, 2.75) is 13.2 Å². The van der Waals surface area contributed by atoms with Crippen LogP contribution in [0.1, 0.15) is 21.5 Å². The van der Waals surface area contributed by atoms with Crippen molar-refractivity contribution in [1.29, 1.82) is 0 Å². The number of amides is 1. The number of ether oxygens (including phenoxy) is 1. The minimum atomic E-state index is -0.196. The van der Waals surface area contributed by atoms with Gasteiger partial charge in [-0.2, -0.15) is 0 Å². The number of nitrogens with one attached hydrogen (secondary N) is 1. The number of carbonyl (C=O) groups is 1. The van der Waals surface area contributed by atoms with E-state index < -0.39 is 0 Å². The Balaban J connectivity index is 1.54. The van der Waals surface area contributed by atoms with Crippen LogP contribution in [0.5, 0.6) is 11.5 Å². The smallest absolute Gasteiger partial charge is 0.251 e. The number of benzene rings is 3. The first-order valence-electron chi connectivity index (χ1n) is 8.04. The van der Waals surface area contributed by atoms with E-state index >= 15 is 0 Å². The van der Waals surface area contributed by atoms with Crippen LogP contribution in [0.4, 0.5) is 0 Å². The van der Waals surface area contributed by atoms with E-state index in [1.54, 1.807) is 42.5 Å². The number of aromatic hydroxyl groups is 1. The van der Waals surface area contributed by atoms with Gasteiger partial charge in [-0.1, -0.05) is 48.5 Å². The van der Waals surface area contributed by atoms with Gasteiger partial charge in [0.15, 0.2) is 0 Å². The second-order valence-electron chi connectivity index (χ2n) is 5.61. The van der Waals surface area contributed by atoms with Crippen LogP contribution in [0.2, 0.25) is 0 Å². The summed E-state index contributed by atoms with van der Waals surface area (Å²) in [6, 6.07) is 23.8. The summed E-state index contributed by atoms with van der Waals surface area (Å²) in [4.78, 5) is 12.2. The number of carbonyl (C=O) groups excluding carboxylic acids is 1. The lowest BCUT2D eigenvalue weighted by molar-refractivity contribution is 0.0950. The number of hydrogen-bond acceptors (Lipinski definition) is 3. The molecular formula is C21H19NO3. The van der Waals surface area contributed by atoms with Crippen LogP contribution in [0.25, 0.3) is 0 Å². The molecule has 126 valence electrons. The molecule has 1 amide bonds. The fraction of sp³-hybridized carbons (Fsp3) is 0.0952. The molecule has 0 saturated carbocycles. The van der Waals surface area contributed by atoms with Gasteiger partial charge in [0.25, 0.3) is 5.91 Å². The maximum absolute atomic E-state index is 12.2. The third-order valence-electron chi connectivity index (χ3n) is 3.80. The summed E-state index contributed by atoms with van der Waals surface area (Å²) in [7, 11) is 0. The Labute approximate surface area is 146 Å². The van der Waals surface area contributed by atoms with Crippen molar-refractivity contribution in [3.05, 3.63) is 95.6 Å². The Morgan fingerprint density at radius 3 is 2.28 bits per heavy atom. The highest BCUT2D eigenvalue weighted by atomic mass is 16.5. The van der Waals surface area contributed by atoms with Crippen LogP contribution in [-0.4, -0.2) is 11.0 Å². The van der Waals surface area contributed by atoms with Crippen LogP contribution < -0.4 is 10.1 Å². The number of para-hydroxylation sites is 1. The van der Waals surface area contributed by atoms with Gasteiger partial charge < -0.3 is 15.2 Å². The van der Waals surface area contributed by atoms with Crippen molar-refractivity contribution in [3.63, 3.8) is 0 Å². The summed E-state index contributed by atoms with van der Waals surface area (Å²) in [6.07, 6.45) is 0. The molecule has 0 aliphatic carbocycles. The third kappa shape index (κ3) is 4.61. The van der Waals surface area contributed by atoms with E-state index in [9.17, 15) is 9.90 Å². The Hall–Kier alpha value is -3.27. The van der Waals surface area contributed by atoms with Gasteiger partial charge in [0.1, 0.15) is 18.1 Å². The third-order valence-corrected chi connectivity index (χ3v) is 3.80. The second-order valence-corrected chi connectivity index (χ2v) is 5.61. The largest absolute Gasteiger partial charge is 0.508 e. The lowest BCUT2D eigenvalue weighted by Gasteiger charge is -2.09. The SMILES string of the molecule is O=C(NCc1ccccc1O)c1ccc(OCc2ccccc2)cc1. The Morgan fingerprint density at radius 2 is 1.56 bits per heavy atom. The summed E-state index contributed by atoms with van der Waals surface area (Å²) in [5.74, 6) is 0.687. The van der Waals surface area contributed by atoms with E-state index in [0.717, 1.165) is 5.56 Å². The first kappa shape index (κ1) is 16.6. The fourth-order valence-corrected chi connectivity index (χ4v) is 2.38. The highest BCUT2D eigenvalue weighted by Crippen LogP contribution is 2.16. The van der Waals surface area contributed by atoms with Gasteiger partial charge in [-0.3, -0.25) is 4.79 Å². The van der Waals surface area contributed by atoms with E-state index in [0.29, 0.717) is 23.5 Å². The monoisotopic (exact) mass is 333 g/mol. The van der Waals surface area contributed by atoms with Crippen LogP contribution >= 0.6 is 0 Å².